The van der Waals surface area contributed by atoms with E-state index in [1.54, 1.807) is 0 Å². The summed E-state index contributed by atoms with van der Waals surface area (Å²) in [5.74, 6) is 3.35. The largest absolute Gasteiger partial charge is 0.285 e. The lowest BCUT2D eigenvalue weighted by Gasteiger charge is -2.10. The third kappa shape index (κ3) is 5.19. The van der Waals surface area contributed by atoms with Crippen molar-refractivity contribution in [1.82, 2.24) is 0 Å². The average molecular weight is 451 g/mol. The van der Waals surface area contributed by atoms with Gasteiger partial charge in [0.1, 0.15) is 0 Å². The van der Waals surface area contributed by atoms with Crippen molar-refractivity contribution in [2.75, 3.05) is 0 Å². The van der Waals surface area contributed by atoms with Gasteiger partial charge < -0.3 is 0 Å². The topological polar surface area (TPSA) is 24.7 Å². The van der Waals surface area contributed by atoms with Crippen LogP contribution in [0.1, 0.15) is 35.2 Å². The van der Waals surface area contributed by atoms with E-state index < -0.39 is 0 Å². The molecule has 5 aromatic carbocycles. The molecule has 0 heterocycles. The van der Waals surface area contributed by atoms with Crippen molar-refractivity contribution >= 4 is 34.1 Å². The molecule has 5 rings (SSSR count). The van der Waals surface area contributed by atoms with E-state index in [1.807, 2.05) is 60.8 Å². The van der Waals surface area contributed by atoms with Gasteiger partial charge in [-0.05, 0) is 40.8 Å². The number of para-hydroxylation sites is 1. The highest BCUT2D eigenvalue weighted by Crippen LogP contribution is 2.29. The van der Waals surface area contributed by atoms with E-state index in [0.29, 0.717) is 0 Å². The van der Waals surface area contributed by atoms with E-state index in [-0.39, 0.29) is 6.04 Å². The Kier molecular flexibility index (Phi) is 6.75. The maximum absolute atomic E-state index is 4.90. The minimum absolute atomic E-state index is 0.0485. The van der Waals surface area contributed by atoms with Crippen molar-refractivity contribution in [2.24, 2.45) is 9.98 Å². The van der Waals surface area contributed by atoms with Crippen LogP contribution < -0.4 is 0 Å². The Morgan fingerprint density at radius 2 is 1.26 bits per heavy atom. The van der Waals surface area contributed by atoms with Crippen LogP contribution in [0.3, 0.4) is 0 Å². The Bertz CT molecular complexity index is 1480. The molecule has 0 aliphatic heterocycles. The molecule has 2 nitrogen and oxygen atoms in total. The minimum Gasteiger partial charge on any atom is -0.285 e. The summed E-state index contributed by atoms with van der Waals surface area (Å²) in [4.78, 5) is 9.72. The van der Waals surface area contributed by atoms with Crippen LogP contribution in [0.15, 0.2) is 137 Å². The van der Waals surface area contributed by atoms with Crippen LogP contribution in [0.25, 0.3) is 16.3 Å². The van der Waals surface area contributed by atoms with E-state index in [9.17, 15) is 0 Å². The monoisotopic (exact) mass is 450 g/mol. The molecule has 168 valence electrons. The summed E-state index contributed by atoms with van der Waals surface area (Å²) >= 11 is 0. The van der Waals surface area contributed by atoms with Gasteiger partial charge in [0.2, 0.25) is 0 Å². The molecule has 0 aliphatic carbocycles. The SMILES string of the molecule is C[C@H](N=Cc1cccc2ccccc12)c1ccccc1N=C=C(c1ccccc1)c1ccccc1. The first-order chi connectivity index (χ1) is 17.3. The van der Waals surface area contributed by atoms with Gasteiger partial charge in [-0.3, -0.25) is 4.99 Å². The van der Waals surface area contributed by atoms with Crippen molar-refractivity contribution in [3.05, 3.63) is 150 Å². The second-order valence-corrected chi connectivity index (χ2v) is 8.41. The molecule has 2 heteroatoms. The maximum atomic E-state index is 4.90. The van der Waals surface area contributed by atoms with E-state index in [0.717, 1.165) is 33.5 Å². The fourth-order valence-corrected chi connectivity index (χ4v) is 4.20. The Hall–Kier alpha value is -4.52. The summed E-state index contributed by atoms with van der Waals surface area (Å²) in [6.07, 6.45) is 1.97. The number of hydrogen-bond acceptors (Lipinski definition) is 2. The summed E-state index contributed by atoms with van der Waals surface area (Å²) in [5.41, 5.74) is 6.19. The molecule has 0 saturated heterocycles. The number of fused-ring (bicyclic) bond motifs is 1. The molecule has 0 fully saturated rings. The van der Waals surface area contributed by atoms with Gasteiger partial charge in [-0.15, -0.1) is 0 Å². The van der Waals surface area contributed by atoms with Crippen LogP contribution in [0.4, 0.5) is 5.69 Å². The molecule has 0 radical (unpaired) electrons. The van der Waals surface area contributed by atoms with Gasteiger partial charge in [0.25, 0.3) is 0 Å². The zero-order valence-electron chi connectivity index (χ0n) is 19.7. The highest BCUT2D eigenvalue weighted by Gasteiger charge is 2.09. The number of aliphatic imine (C=N–C) groups is 2. The highest BCUT2D eigenvalue weighted by molar-refractivity contribution is 6.00. The van der Waals surface area contributed by atoms with E-state index in [1.165, 1.54) is 10.8 Å². The molecule has 0 unspecified atom stereocenters. The highest BCUT2D eigenvalue weighted by atomic mass is 14.8. The lowest BCUT2D eigenvalue weighted by Crippen LogP contribution is -1.93. The molecular formula is C33H26N2. The molecule has 35 heavy (non-hydrogen) atoms. The van der Waals surface area contributed by atoms with Crippen molar-refractivity contribution in [3.8, 4) is 0 Å². The molecule has 5 aromatic rings. The molecule has 0 bridgehead atoms. The van der Waals surface area contributed by atoms with Crippen molar-refractivity contribution < 1.29 is 0 Å². The third-order valence-corrected chi connectivity index (χ3v) is 6.06. The van der Waals surface area contributed by atoms with Gasteiger partial charge in [0.05, 0.1) is 17.3 Å². The lowest BCUT2D eigenvalue weighted by molar-refractivity contribution is 0.826. The van der Waals surface area contributed by atoms with Gasteiger partial charge in [-0.2, -0.15) is 0 Å². The zero-order valence-corrected chi connectivity index (χ0v) is 19.7. The first-order valence-electron chi connectivity index (χ1n) is 11.8. The number of nitrogens with zero attached hydrogens (tertiary/aromatic N) is 2. The predicted molar refractivity (Wildman–Crippen MR) is 149 cm³/mol. The van der Waals surface area contributed by atoms with E-state index in [2.05, 4.69) is 85.6 Å². The predicted octanol–water partition coefficient (Wildman–Crippen LogP) is 8.45. The molecule has 0 N–H and O–H groups in total. The minimum atomic E-state index is -0.0485. The number of benzene rings is 5. The van der Waals surface area contributed by atoms with Crippen LogP contribution in [0.5, 0.6) is 0 Å². The molecule has 0 aromatic heterocycles. The van der Waals surface area contributed by atoms with Crippen LogP contribution in [0, 0.1) is 0 Å². The fourth-order valence-electron chi connectivity index (χ4n) is 4.20. The van der Waals surface area contributed by atoms with Gasteiger partial charge in [0.15, 0.2) is 0 Å². The third-order valence-electron chi connectivity index (χ3n) is 6.06. The van der Waals surface area contributed by atoms with Gasteiger partial charge in [0, 0.05) is 17.3 Å². The Morgan fingerprint density at radius 1 is 0.657 bits per heavy atom. The number of rotatable bonds is 6. The first-order valence-corrected chi connectivity index (χ1v) is 11.8. The molecule has 0 aliphatic rings. The van der Waals surface area contributed by atoms with Crippen LogP contribution in [-0.2, 0) is 0 Å². The summed E-state index contributed by atoms with van der Waals surface area (Å²) in [7, 11) is 0. The molecule has 0 spiro atoms. The Balaban J connectivity index is 1.52. The maximum Gasteiger partial charge on any atom is 0.0783 e. The van der Waals surface area contributed by atoms with Gasteiger partial charge in [-0.25, -0.2) is 4.99 Å². The molecule has 1 atom stereocenters. The van der Waals surface area contributed by atoms with Crippen molar-refractivity contribution in [3.63, 3.8) is 0 Å². The van der Waals surface area contributed by atoms with Crippen LogP contribution in [0.2, 0.25) is 0 Å². The normalized spacial score (nSPS) is 11.8. The van der Waals surface area contributed by atoms with Crippen molar-refractivity contribution in [1.29, 1.82) is 0 Å². The summed E-state index contributed by atoms with van der Waals surface area (Å²) in [6, 6.07) is 43.4. The standard InChI is InChI=1S/C33H26N2/c1-25(34-23-29-19-12-18-26-17-8-9-21-31(26)29)30-20-10-11-22-33(30)35-24-32(27-13-4-2-5-14-27)28-15-6-3-7-16-28/h2-23,25H,1H3/t25-/m0/s1. The average Bonchev–Trinajstić information content (AvgIpc) is 2.93. The quantitative estimate of drug-likeness (QED) is 0.232. The van der Waals surface area contributed by atoms with Gasteiger partial charge in [-0.1, -0.05) is 121 Å². The van der Waals surface area contributed by atoms with Crippen molar-refractivity contribution in [2.45, 2.75) is 13.0 Å². The zero-order chi connectivity index (χ0) is 23.9. The molecule has 0 amide bonds. The van der Waals surface area contributed by atoms with E-state index in [4.69, 9.17) is 9.98 Å². The second kappa shape index (κ2) is 10.6. The van der Waals surface area contributed by atoms with Crippen LogP contribution >= 0.6 is 0 Å². The molecule has 0 saturated carbocycles. The second-order valence-electron chi connectivity index (χ2n) is 8.41. The van der Waals surface area contributed by atoms with E-state index >= 15 is 0 Å². The number of hydrogen-bond donors (Lipinski definition) is 0. The molecular weight excluding hydrogens is 424 g/mol. The Labute approximate surface area is 206 Å². The van der Waals surface area contributed by atoms with Gasteiger partial charge >= 0.3 is 0 Å². The van der Waals surface area contributed by atoms with Crippen LogP contribution in [-0.4, -0.2) is 12.1 Å². The lowest BCUT2D eigenvalue weighted by atomic mass is 9.99. The smallest absolute Gasteiger partial charge is 0.0783 e. The fraction of sp³-hybridized carbons (Fsp3) is 0.0606. The summed E-state index contributed by atoms with van der Waals surface area (Å²) in [5, 5.41) is 2.42. The summed E-state index contributed by atoms with van der Waals surface area (Å²) < 4.78 is 0. The summed E-state index contributed by atoms with van der Waals surface area (Å²) in [6.45, 7) is 2.11. The first kappa shape index (κ1) is 22.3. The Morgan fingerprint density at radius 3 is 2.00 bits per heavy atom.